The molecule has 0 spiro atoms. The van der Waals surface area contributed by atoms with E-state index in [4.69, 9.17) is 4.42 Å². The predicted octanol–water partition coefficient (Wildman–Crippen LogP) is 12.1. The predicted molar refractivity (Wildman–Crippen MR) is 192 cm³/mol. The number of para-hydroxylation sites is 1. The average molecular weight is 589 g/mol. The summed E-state index contributed by atoms with van der Waals surface area (Å²) in [6, 6.07) is 56.0. The van der Waals surface area contributed by atoms with E-state index in [0.717, 1.165) is 55.3 Å². The first kappa shape index (κ1) is 26.2. The highest BCUT2D eigenvalue weighted by Gasteiger charge is 2.20. The third kappa shape index (κ3) is 4.41. The molecule has 7 aromatic carbocycles. The summed E-state index contributed by atoms with van der Waals surface area (Å²) in [7, 11) is 0. The van der Waals surface area contributed by atoms with Gasteiger partial charge in [0.25, 0.3) is 0 Å². The molecule has 2 heterocycles. The smallest absolute Gasteiger partial charge is 0.159 e. The van der Waals surface area contributed by atoms with Gasteiger partial charge >= 0.3 is 0 Å². The summed E-state index contributed by atoms with van der Waals surface area (Å²) in [5, 5.41) is 6.84. The van der Waals surface area contributed by atoms with Crippen LogP contribution in [0.2, 0.25) is 0 Å². The van der Waals surface area contributed by atoms with Gasteiger partial charge in [0.2, 0.25) is 0 Å². The van der Waals surface area contributed by atoms with Crippen LogP contribution in [0, 0.1) is 0 Å². The fourth-order valence-electron chi connectivity index (χ4n) is 6.69. The van der Waals surface area contributed by atoms with Crippen molar-refractivity contribution in [3.8, 4) is 22.3 Å². The molecule has 0 fully saturated rings. The van der Waals surface area contributed by atoms with E-state index in [0.29, 0.717) is 0 Å². The molecular weight excluding hydrogens is 560 g/mol. The number of benzene rings is 7. The molecule has 3 nitrogen and oxygen atoms in total. The van der Waals surface area contributed by atoms with E-state index in [1.165, 1.54) is 27.5 Å². The average Bonchev–Trinajstić information content (AvgIpc) is 3.49. The molecule has 9 rings (SSSR count). The monoisotopic (exact) mass is 588 g/mol. The Morgan fingerprint density at radius 2 is 1.20 bits per heavy atom. The van der Waals surface area contributed by atoms with Crippen molar-refractivity contribution >= 4 is 60.5 Å². The number of pyridine rings is 1. The summed E-state index contributed by atoms with van der Waals surface area (Å²) < 4.78 is 6.72. The Kier molecular flexibility index (Phi) is 6.14. The lowest BCUT2D eigenvalue weighted by Crippen LogP contribution is -2.10. The summed E-state index contributed by atoms with van der Waals surface area (Å²) >= 11 is 0. The van der Waals surface area contributed by atoms with Crippen LogP contribution in [0.4, 0.5) is 17.1 Å². The van der Waals surface area contributed by atoms with Crippen LogP contribution in [0.5, 0.6) is 0 Å². The Morgan fingerprint density at radius 3 is 2.11 bits per heavy atom. The second kappa shape index (κ2) is 10.8. The summed E-state index contributed by atoms with van der Waals surface area (Å²) in [6.45, 7) is 0. The standard InChI is InChI=1S/C43H28N2O/c1-2-9-29(10-3-1)30-19-21-35(22-20-30)45(36-14-6-13-33(25-36)38-16-7-12-31-11-4-5-15-37(31)38)41-18-8-17-39-40-26-34-28-44-24-23-32(34)27-42(40)46-43(39)41/h1-28H. The van der Waals surface area contributed by atoms with Crippen LogP contribution < -0.4 is 4.90 Å². The van der Waals surface area contributed by atoms with Crippen LogP contribution in [0.15, 0.2) is 175 Å². The Labute approximate surface area is 266 Å². The lowest BCUT2D eigenvalue weighted by Gasteiger charge is -2.26. The molecule has 0 bridgehead atoms. The van der Waals surface area contributed by atoms with E-state index in [9.17, 15) is 0 Å². The first-order valence-electron chi connectivity index (χ1n) is 15.5. The van der Waals surface area contributed by atoms with E-state index in [1.54, 1.807) is 0 Å². The number of fused-ring (bicyclic) bond motifs is 5. The molecule has 0 amide bonds. The van der Waals surface area contributed by atoms with Crippen LogP contribution in [0.1, 0.15) is 0 Å². The maximum Gasteiger partial charge on any atom is 0.159 e. The molecule has 0 aliphatic heterocycles. The number of aromatic nitrogens is 1. The van der Waals surface area contributed by atoms with Gasteiger partial charge in [-0.2, -0.15) is 0 Å². The largest absolute Gasteiger partial charge is 0.454 e. The highest BCUT2D eigenvalue weighted by molar-refractivity contribution is 6.13. The highest BCUT2D eigenvalue weighted by atomic mass is 16.3. The van der Waals surface area contributed by atoms with Crippen LogP contribution >= 0.6 is 0 Å². The minimum Gasteiger partial charge on any atom is -0.454 e. The number of hydrogen-bond donors (Lipinski definition) is 0. The lowest BCUT2D eigenvalue weighted by molar-refractivity contribution is 0.669. The molecular formula is C43H28N2O. The SMILES string of the molecule is c1ccc(-c2ccc(N(c3cccc(-c4cccc5ccccc45)c3)c3cccc4c3oc3cc5ccncc5cc34)cc2)cc1. The molecule has 0 N–H and O–H groups in total. The van der Waals surface area contributed by atoms with Crippen LogP contribution in [0.25, 0.3) is 65.7 Å². The van der Waals surface area contributed by atoms with Gasteiger partial charge in [-0.15, -0.1) is 0 Å². The lowest BCUT2D eigenvalue weighted by atomic mass is 9.97. The van der Waals surface area contributed by atoms with Crippen molar-refractivity contribution in [1.29, 1.82) is 0 Å². The molecule has 3 heteroatoms. The van der Waals surface area contributed by atoms with Crippen LogP contribution in [-0.2, 0) is 0 Å². The molecule has 0 atom stereocenters. The quantitative estimate of drug-likeness (QED) is 0.200. The number of anilines is 3. The molecule has 216 valence electrons. The van der Waals surface area contributed by atoms with E-state index < -0.39 is 0 Å². The maximum absolute atomic E-state index is 6.72. The Balaban J connectivity index is 1.26. The van der Waals surface area contributed by atoms with Gasteiger partial charge in [-0.25, -0.2) is 0 Å². The molecule has 0 aliphatic rings. The van der Waals surface area contributed by atoms with E-state index in [1.807, 2.05) is 18.5 Å². The topological polar surface area (TPSA) is 29.3 Å². The van der Waals surface area contributed by atoms with Crippen molar-refractivity contribution in [1.82, 2.24) is 4.98 Å². The van der Waals surface area contributed by atoms with Gasteiger partial charge in [0.1, 0.15) is 5.58 Å². The maximum atomic E-state index is 6.72. The third-order valence-electron chi connectivity index (χ3n) is 8.91. The van der Waals surface area contributed by atoms with Crippen molar-refractivity contribution in [3.63, 3.8) is 0 Å². The van der Waals surface area contributed by atoms with Gasteiger partial charge in [0.05, 0.1) is 5.69 Å². The zero-order chi connectivity index (χ0) is 30.5. The van der Waals surface area contributed by atoms with Crippen molar-refractivity contribution in [2.75, 3.05) is 4.90 Å². The Bertz CT molecular complexity index is 2530. The fraction of sp³-hybridized carbons (Fsp3) is 0. The number of hydrogen-bond acceptors (Lipinski definition) is 3. The summed E-state index contributed by atoms with van der Waals surface area (Å²) in [5.41, 5.74) is 9.55. The van der Waals surface area contributed by atoms with Crippen molar-refractivity contribution < 1.29 is 4.42 Å². The van der Waals surface area contributed by atoms with E-state index in [-0.39, 0.29) is 0 Å². The van der Waals surface area contributed by atoms with Crippen LogP contribution in [-0.4, -0.2) is 4.98 Å². The first-order valence-corrected chi connectivity index (χ1v) is 15.5. The number of nitrogens with zero attached hydrogens (tertiary/aromatic N) is 2. The van der Waals surface area contributed by atoms with Crippen molar-refractivity contribution in [3.05, 3.63) is 170 Å². The Hall–Kier alpha value is -6.19. The van der Waals surface area contributed by atoms with Gasteiger partial charge in [0, 0.05) is 39.9 Å². The third-order valence-corrected chi connectivity index (χ3v) is 8.91. The van der Waals surface area contributed by atoms with Crippen LogP contribution in [0.3, 0.4) is 0 Å². The minimum atomic E-state index is 0.850. The zero-order valence-electron chi connectivity index (χ0n) is 25.0. The fourth-order valence-corrected chi connectivity index (χ4v) is 6.69. The van der Waals surface area contributed by atoms with Crippen molar-refractivity contribution in [2.45, 2.75) is 0 Å². The van der Waals surface area contributed by atoms with Gasteiger partial charge in [-0.3, -0.25) is 4.98 Å². The highest BCUT2D eigenvalue weighted by Crippen LogP contribution is 2.44. The molecule has 0 radical (unpaired) electrons. The van der Waals surface area contributed by atoms with E-state index >= 15 is 0 Å². The van der Waals surface area contributed by atoms with Crippen molar-refractivity contribution in [2.24, 2.45) is 0 Å². The normalized spacial score (nSPS) is 11.5. The van der Waals surface area contributed by atoms with Gasteiger partial charge in [-0.1, -0.05) is 109 Å². The first-order chi connectivity index (χ1) is 22.8. The number of rotatable bonds is 5. The molecule has 46 heavy (non-hydrogen) atoms. The molecule has 0 saturated carbocycles. The summed E-state index contributed by atoms with van der Waals surface area (Å²) in [5.74, 6) is 0. The summed E-state index contributed by atoms with van der Waals surface area (Å²) in [6.07, 6.45) is 3.74. The van der Waals surface area contributed by atoms with Gasteiger partial charge in [0.15, 0.2) is 5.58 Å². The second-order valence-electron chi connectivity index (χ2n) is 11.7. The zero-order valence-corrected chi connectivity index (χ0v) is 25.0. The second-order valence-corrected chi connectivity index (χ2v) is 11.7. The molecule has 2 aromatic heterocycles. The van der Waals surface area contributed by atoms with Gasteiger partial charge < -0.3 is 9.32 Å². The molecule has 9 aromatic rings. The van der Waals surface area contributed by atoms with E-state index in [2.05, 4.69) is 162 Å². The summed E-state index contributed by atoms with van der Waals surface area (Å²) in [4.78, 5) is 6.67. The molecule has 0 aliphatic carbocycles. The number of furan rings is 1. The molecule has 0 saturated heterocycles. The molecule has 0 unspecified atom stereocenters. The minimum absolute atomic E-state index is 0.850. The van der Waals surface area contributed by atoms with Gasteiger partial charge in [-0.05, 0) is 86.9 Å². The Morgan fingerprint density at radius 1 is 0.457 bits per heavy atom.